The number of fused-ring (bicyclic) bond motifs is 1. The lowest BCUT2D eigenvalue weighted by Gasteiger charge is -2.27. The second-order valence-electron chi connectivity index (χ2n) is 11.2. The van der Waals surface area contributed by atoms with E-state index in [4.69, 9.17) is 4.74 Å². The molecule has 0 unspecified atom stereocenters. The van der Waals surface area contributed by atoms with Gasteiger partial charge in [-0.2, -0.15) is 0 Å². The number of pyridine rings is 2. The Labute approximate surface area is 251 Å². The molecule has 0 saturated heterocycles. The van der Waals surface area contributed by atoms with E-state index in [1.165, 1.54) is 0 Å². The predicted octanol–water partition coefficient (Wildman–Crippen LogP) is 5.64. The second-order valence-corrected chi connectivity index (χ2v) is 11.2. The van der Waals surface area contributed by atoms with Crippen molar-refractivity contribution in [2.45, 2.75) is 58.3 Å². The van der Waals surface area contributed by atoms with E-state index in [-0.39, 0.29) is 19.5 Å². The normalized spacial score (nSPS) is 11.9. The Bertz CT molecular complexity index is 1530. The number of hydrogen-bond acceptors (Lipinski definition) is 7. The average Bonchev–Trinajstić information content (AvgIpc) is 2.98. The molecule has 0 aliphatic carbocycles. The van der Waals surface area contributed by atoms with Gasteiger partial charge in [-0.3, -0.25) is 19.7 Å². The van der Waals surface area contributed by atoms with Gasteiger partial charge in [0.2, 0.25) is 0 Å². The number of carboxylic acid groups (broad SMARTS) is 1. The molecule has 1 atom stereocenters. The molecule has 4 aromatic rings. The molecule has 10 nitrogen and oxygen atoms in total. The van der Waals surface area contributed by atoms with Gasteiger partial charge >= 0.3 is 12.1 Å². The maximum Gasteiger partial charge on any atom is 0.410 e. The molecule has 0 saturated carbocycles. The fourth-order valence-electron chi connectivity index (χ4n) is 4.46. The zero-order valence-corrected chi connectivity index (χ0v) is 24.6. The van der Waals surface area contributed by atoms with Crippen LogP contribution in [0.15, 0.2) is 85.2 Å². The van der Waals surface area contributed by atoms with E-state index in [9.17, 15) is 19.5 Å². The molecule has 2 amide bonds. The first-order valence-electron chi connectivity index (χ1n) is 14.2. The van der Waals surface area contributed by atoms with Gasteiger partial charge in [0, 0.05) is 36.4 Å². The minimum atomic E-state index is -1.10. The molecule has 2 heterocycles. The Kier molecular flexibility index (Phi) is 10.3. The third-order valence-electron chi connectivity index (χ3n) is 6.54. The molecular weight excluding hydrogens is 546 g/mol. The predicted molar refractivity (Wildman–Crippen MR) is 165 cm³/mol. The largest absolute Gasteiger partial charge is 0.480 e. The molecule has 3 N–H and O–H groups in total. The number of carbonyl (C=O) groups excluding carboxylic acids is 2. The third kappa shape index (κ3) is 9.26. The van der Waals surface area contributed by atoms with Gasteiger partial charge in [-0.15, -0.1) is 0 Å². The van der Waals surface area contributed by atoms with Crippen LogP contribution in [0.4, 0.5) is 10.5 Å². The molecule has 0 radical (unpaired) electrons. The lowest BCUT2D eigenvalue weighted by atomic mass is 10.1. The van der Waals surface area contributed by atoms with Crippen LogP contribution in [-0.2, 0) is 22.6 Å². The van der Waals surface area contributed by atoms with Crippen molar-refractivity contribution in [2.24, 2.45) is 0 Å². The van der Waals surface area contributed by atoms with Crippen molar-refractivity contribution in [3.8, 4) is 0 Å². The zero-order valence-electron chi connectivity index (χ0n) is 24.6. The van der Waals surface area contributed by atoms with Crippen LogP contribution in [0.3, 0.4) is 0 Å². The number of nitrogens with one attached hydrogen (secondary N) is 2. The van der Waals surface area contributed by atoms with Crippen molar-refractivity contribution in [2.75, 3.05) is 11.9 Å². The summed E-state index contributed by atoms with van der Waals surface area (Å²) in [6.07, 6.45) is 3.70. The molecule has 0 fully saturated rings. The van der Waals surface area contributed by atoms with Gasteiger partial charge in [0.1, 0.15) is 11.6 Å². The first kappa shape index (κ1) is 31.0. The molecule has 4 rings (SSSR count). The van der Waals surface area contributed by atoms with Crippen LogP contribution in [0.25, 0.3) is 10.9 Å². The van der Waals surface area contributed by atoms with Gasteiger partial charge < -0.3 is 20.5 Å². The first-order valence-corrected chi connectivity index (χ1v) is 14.2. The minimum Gasteiger partial charge on any atom is -0.480 e. The Morgan fingerprint density at radius 3 is 2.35 bits per heavy atom. The Hall–Kier alpha value is -4.99. The SMILES string of the molecule is CC(C)(C)OC(=O)N(Cc1ccc(C(=O)N[C@@H](CCCNc2cccc3cccnc23)C(=O)O)cc1)Cc1ccccn1. The highest BCUT2D eigenvalue weighted by atomic mass is 16.6. The number of carboxylic acids is 1. The summed E-state index contributed by atoms with van der Waals surface area (Å²) in [6, 6.07) is 20.9. The van der Waals surface area contributed by atoms with Crippen LogP contribution in [-0.4, -0.2) is 56.1 Å². The molecule has 224 valence electrons. The van der Waals surface area contributed by atoms with Crippen LogP contribution in [0.1, 0.15) is 55.2 Å². The number of nitrogens with zero attached hydrogens (tertiary/aromatic N) is 3. The number of para-hydroxylation sites is 1. The van der Waals surface area contributed by atoms with Gasteiger partial charge in [-0.25, -0.2) is 9.59 Å². The highest BCUT2D eigenvalue weighted by Crippen LogP contribution is 2.21. The highest BCUT2D eigenvalue weighted by Gasteiger charge is 2.24. The zero-order chi connectivity index (χ0) is 30.8. The van der Waals surface area contributed by atoms with Crippen LogP contribution in [0.5, 0.6) is 0 Å². The Morgan fingerprint density at radius 2 is 1.65 bits per heavy atom. The maximum absolute atomic E-state index is 12.9. The van der Waals surface area contributed by atoms with Gasteiger partial charge in [0.05, 0.1) is 23.4 Å². The summed E-state index contributed by atoms with van der Waals surface area (Å²) in [5.41, 5.74) is 2.88. The van der Waals surface area contributed by atoms with Crippen LogP contribution < -0.4 is 10.6 Å². The summed E-state index contributed by atoms with van der Waals surface area (Å²) in [5.74, 6) is -1.58. The molecule has 10 heteroatoms. The number of benzene rings is 2. The molecule has 0 aliphatic heterocycles. The number of ether oxygens (including phenoxy) is 1. The molecule has 2 aromatic carbocycles. The summed E-state index contributed by atoms with van der Waals surface area (Å²) in [4.78, 5) is 48.0. The van der Waals surface area contributed by atoms with Gasteiger partial charge in [0.25, 0.3) is 5.91 Å². The lowest BCUT2D eigenvalue weighted by Crippen LogP contribution is -2.41. The van der Waals surface area contributed by atoms with Crippen molar-refractivity contribution < 1.29 is 24.2 Å². The topological polar surface area (TPSA) is 134 Å². The number of amides is 2. The quantitative estimate of drug-likeness (QED) is 0.182. The van der Waals surface area contributed by atoms with E-state index in [0.717, 1.165) is 22.2 Å². The summed E-state index contributed by atoms with van der Waals surface area (Å²) in [5, 5.41) is 16.7. The van der Waals surface area contributed by atoms with E-state index in [0.29, 0.717) is 24.2 Å². The fourth-order valence-corrected chi connectivity index (χ4v) is 4.46. The van der Waals surface area contributed by atoms with Crippen molar-refractivity contribution >= 4 is 34.6 Å². The molecule has 2 aromatic heterocycles. The van der Waals surface area contributed by atoms with Gasteiger partial charge in [-0.05, 0) is 75.6 Å². The van der Waals surface area contributed by atoms with E-state index in [1.807, 2.05) is 42.5 Å². The van der Waals surface area contributed by atoms with Crippen molar-refractivity contribution in [1.29, 1.82) is 0 Å². The average molecular weight is 584 g/mol. The summed E-state index contributed by atoms with van der Waals surface area (Å²) in [7, 11) is 0. The van der Waals surface area contributed by atoms with E-state index >= 15 is 0 Å². The smallest absolute Gasteiger partial charge is 0.410 e. The number of aliphatic carboxylic acids is 1. The van der Waals surface area contributed by atoms with Crippen molar-refractivity contribution in [3.05, 3.63) is 102 Å². The van der Waals surface area contributed by atoms with E-state index in [2.05, 4.69) is 20.6 Å². The number of hydrogen-bond donors (Lipinski definition) is 3. The Balaban J connectivity index is 1.33. The molecule has 0 spiro atoms. The summed E-state index contributed by atoms with van der Waals surface area (Å²) >= 11 is 0. The summed E-state index contributed by atoms with van der Waals surface area (Å²) < 4.78 is 5.59. The van der Waals surface area contributed by atoms with Crippen molar-refractivity contribution in [1.82, 2.24) is 20.2 Å². The lowest BCUT2D eigenvalue weighted by molar-refractivity contribution is -0.139. The number of aromatic nitrogens is 2. The van der Waals surface area contributed by atoms with Crippen LogP contribution in [0.2, 0.25) is 0 Å². The van der Waals surface area contributed by atoms with E-state index < -0.39 is 29.6 Å². The van der Waals surface area contributed by atoms with Crippen LogP contribution in [0, 0.1) is 0 Å². The highest BCUT2D eigenvalue weighted by molar-refractivity contribution is 5.96. The van der Waals surface area contributed by atoms with E-state index in [1.54, 1.807) is 68.4 Å². The van der Waals surface area contributed by atoms with Gasteiger partial charge in [-0.1, -0.05) is 36.4 Å². The monoisotopic (exact) mass is 583 g/mol. The third-order valence-corrected chi connectivity index (χ3v) is 6.54. The molecular formula is C33H37N5O5. The van der Waals surface area contributed by atoms with Crippen LogP contribution >= 0.6 is 0 Å². The first-order chi connectivity index (χ1) is 20.6. The number of anilines is 1. The molecule has 0 bridgehead atoms. The summed E-state index contributed by atoms with van der Waals surface area (Å²) in [6.45, 7) is 6.44. The Morgan fingerprint density at radius 1 is 0.907 bits per heavy atom. The molecule has 0 aliphatic rings. The second kappa shape index (κ2) is 14.3. The number of carbonyl (C=O) groups is 3. The van der Waals surface area contributed by atoms with Gasteiger partial charge in [0.15, 0.2) is 0 Å². The minimum absolute atomic E-state index is 0.240. The number of rotatable bonds is 12. The maximum atomic E-state index is 12.9. The standard InChI is InChI=1S/C33H37N5O5/c1-33(2,3)43-32(42)38(22-26-11-4-5-18-34-26)21-23-14-16-25(17-15-23)30(39)37-28(31(40)41)13-8-19-35-27-12-6-9-24-10-7-20-36-29(24)27/h4-7,9-12,14-18,20,28,35H,8,13,19,21-22H2,1-3H3,(H,37,39)(H,40,41)/t28-/m0/s1. The fraction of sp³-hybridized carbons (Fsp3) is 0.303. The van der Waals surface area contributed by atoms with Crippen molar-refractivity contribution in [3.63, 3.8) is 0 Å². The molecule has 43 heavy (non-hydrogen) atoms.